The Kier molecular flexibility index (Phi) is 5.87. The number of anilines is 1. The van der Waals surface area contributed by atoms with Gasteiger partial charge in [-0.2, -0.15) is 0 Å². The lowest BCUT2D eigenvalue weighted by molar-refractivity contribution is -0.119. The number of amides is 2. The number of piperidine rings is 1. The van der Waals surface area contributed by atoms with Crippen LogP contribution in [0.3, 0.4) is 0 Å². The molecule has 36 heavy (non-hydrogen) atoms. The molecule has 0 atom stereocenters. The fraction of sp³-hybridized carbons (Fsp3) is 0.308. The Hall–Kier alpha value is -4.34. The van der Waals surface area contributed by atoms with E-state index in [4.69, 9.17) is 25.6 Å². The van der Waals surface area contributed by atoms with E-state index in [0.29, 0.717) is 41.3 Å². The van der Waals surface area contributed by atoms with Gasteiger partial charge in [0.2, 0.25) is 0 Å². The van der Waals surface area contributed by atoms with Gasteiger partial charge in [0.05, 0.1) is 11.2 Å². The molecule has 4 N–H and O–H groups in total. The Bertz CT molecular complexity index is 1560. The van der Waals surface area contributed by atoms with Crippen molar-refractivity contribution in [3.63, 3.8) is 0 Å². The normalized spacial score (nSPS) is 14.4. The summed E-state index contributed by atoms with van der Waals surface area (Å²) in [4.78, 5) is 43.4. The maximum Gasteiger partial charge on any atom is 0.265 e. The quantitative estimate of drug-likeness (QED) is 0.422. The third-order valence-corrected chi connectivity index (χ3v) is 6.69. The van der Waals surface area contributed by atoms with Gasteiger partial charge in [-0.25, -0.2) is 4.98 Å². The Labute approximate surface area is 206 Å². The van der Waals surface area contributed by atoms with Gasteiger partial charge in [-0.1, -0.05) is 6.07 Å². The summed E-state index contributed by atoms with van der Waals surface area (Å²) in [5.41, 5.74) is 14.1. The molecule has 186 valence electrons. The molecule has 1 aliphatic heterocycles. The van der Waals surface area contributed by atoms with E-state index in [1.54, 1.807) is 25.2 Å². The molecule has 3 heterocycles. The maximum atomic E-state index is 13.2. The lowest BCUT2D eigenvalue weighted by Gasteiger charge is -2.34. The minimum atomic E-state index is -0.780. The molecule has 1 fully saturated rings. The minimum Gasteiger partial charge on any atom is -0.484 e. The van der Waals surface area contributed by atoms with E-state index in [2.05, 4.69) is 0 Å². The fourth-order valence-corrected chi connectivity index (χ4v) is 4.88. The first-order valence-corrected chi connectivity index (χ1v) is 11.7. The van der Waals surface area contributed by atoms with Crippen molar-refractivity contribution >= 4 is 39.5 Å². The van der Waals surface area contributed by atoms with E-state index in [1.807, 2.05) is 30.0 Å². The van der Waals surface area contributed by atoms with Crippen LogP contribution < -0.4 is 26.7 Å². The van der Waals surface area contributed by atoms with Crippen molar-refractivity contribution in [2.45, 2.75) is 25.7 Å². The summed E-state index contributed by atoms with van der Waals surface area (Å²) in [6, 6.07) is 11.0. The third-order valence-electron chi connectivity index (χ3n) is 6.69. The molecular formula is C26H27N5O5. The Morgan fingerprint density at radius 2 is 1.89 bits per heavy atom. The van der Waals surface area contributed by atoms with Gasteiger partial charge in [0.25, 0.3) is 17.4 Å². The van der Waals surface area contributed by atoms with Crippen molar-refractivity contribution in [2.75, 3.05) is 24.6 Å². The summed E-state index contributed by atoms with van der Waals surface area (Å²) in [5, 5.41) is 0.688. The molecular weight excluding hydrogens is 462 g/mol. The van der Waals surface area contributed by atoms with E-state index in [0.717, 1.165) is 29.5 Å². The molecule has 0 radical (unpaired) electrons. The van der Waals surface area contributed by atoms with Gasteiger partial charge in [-0.3, -0.25) is 14.4 Å². The summed E-state index contributed by atoms with van der Waals surface area (Å²) < 4.78 is 12.8. The van der Waals surface area contributed by atoms with Gasteiger partial charge in [0.1, 0.15) is 16.8 Å². The van der Waals surface area contributed by atoms with Crippen molar-refractivity contribution in [1.29, 1.82) is 0 Å². The molecule has 0 spiro atoms. The van der Waals surface area contributed by atoms with E-state index in [-0.39, 0.29) is 18.1 Å². The highest BCUT2D eigenvalue weighted by Gasteiger charge is 2.30. The molecule has 0 saturated carbocycles. The van der Waals surface area contributed by atoms with Crippen molar-refractivity contribution in [1.82, 2.24) is 9.55 Å². The number of pyridine rings is 1. The third kappa shape index (κ3) is 4.15. The SMILES string of the molecule is Cc1ccc2oc(C3CCN(c4c(C(N)=O)c(=O)n(C)c5cc(OCC(N)=O)ccc45)CC3)nc2c1. The van der Waals surface area contributed by atoms with E-state index >= 15 is 0 Å². The summed E-state index contributed by atoms with van der Waals surface area (Å²) in [7, 11) is 1.57. The lowest BCUT2D eigenvalue weighted by atomic mass is 9.95. The molecule has 1 aliphatic rings. The van der Waals surface area contributed by atoms with Crippen LogP contribution in [-0.4, -0.2) is 41.1 Å². The number of fused-ring (bicyclic) bond motifs is 2. The first kappa shape index (κ1) is 23.4. The van der Waals surface area contributed by atoms with Crippen LogP contribution in [0.4, 0.5) is 5.69 Å². The molecule has 5 rings (SSSR count). The number of primary amides is 2. The largest absolute Gasteiger partial charge is 0.484 e. The van der Waals surface area contributed by atoms with Gasteiger partial charge in [-0.05, 0) is 49.6 Å². The van der Waals surface area contributed by atoms with Gasteiger partial charge in [0.15, 0.2) is 18.1 Å². The smallest absolute Gasteiger partial charge is 0.265 e. The molecule has 2 aromatic heterocycles. The molecule has 0 aliphatic carbocycles. The second-order valence-corrected chi connectivity index (χ2v) is 9.17. The number of rotatable bonds is 6. The van der Waals surface area contributed by atoms with Crippen LogP contribution in [0.15, 0.2) is 45.6 Å². The first-order chi connectivity index (χ1) is 17.2. The van der Waals surface area contributed by atoms with Crippen LogP contribution in [0.25, 0.3) is 22.0 Å². The average Bonchev–Trinajstić information content (AvgIpc) is 3.28. The molecule has 10 nitrogen and oxygen atoms in total. The Morgan fingerprint density at radius 1 is 1.14 bits per heavy atom. The van der Waals surface area contributed by atoms with Crippen molar-refractivity contribution in [3.8, 4) is 5.75 Å². The highest BCUT2D eigenvalue weighted by molar-refractivity contribution is 6.07. The second kappa shape index (κ2) is 9.03. The summed E-state index contributed by atoms with van der Waals surface area (Å²) in [6.07, 6.45) is 1.47. The number of aryl methyl sites for hydroxylation is 2. The topological polar surface area (TPSA) is 147 Å². The highest BCUT2D eigenvalue weighted by atomic mass is 16.5. The van der Waals surface area contributed by atoms with E-state index in [1.165, 1.54) is 4.57 Å². The van der Waals surface area contributed by atoms with Crippen LogP contribution in [0, 0.1) is 6.92 Å². The number of oxazole rings is 1. The van der Waals surface area contributed by atoms with E-state index < -0.39 is 17.4 Å². The predicted molar refractivity (Wildman–Crippen MR) is 135 cm³/mol. The number of hydrogen-bond donors (Lipinski definition) is 2. The van der Waals surface area contributed by atoms with Gasteiger partial charge in [-0.15, -0.1) is 0 Å². The molecule has 0 bridgehead atoms. The minimum absolute atomic E-state index is 0.0495. The lowest BCUT2D eigenvalue weighted by Crippen LogP contribution is -2.38. The summed E-state index contributed by atoms with van der Waals surface area (Å²) in [6.45, 7) is 2.91. The van der Waals surface area contributed by atoms with Crippen molar-refractivity contribution in [2.24, 2.45) is 18.5 Å². The standard InChI is InChI=1S/C26H27N5O5/c1-14-3-6-20-18(11-14)29-25(36-20)15-7-9-31(10-8-15)23-17-5-4-16(35-13-21(27)32)12-19(17)30(2)26(34)22(23)24(28)33/h3-6,11-12,15H,7-10,13H2,1-2H3,(H2,27,32)(H2,28,33). The molecule has 1 saturated heterocycles. The number of carbonyl (C=O) groups is 2. The van der Waals surface area contributed by atoms with Crippen LogP contribution in [-0.2, 0) is 11.8 Å². The van der Waals surface area contributed by atoms with Crippen molar-refractivity contribution in [3.05, 3.63) is 63.8 Å². The highest BCUT2D eigenvalue weighted by Crippen LogP contribution is 2.36. The molecule has 4 aromatic rings. The Morgan fingerprint density at radius 3 is 2.58 bits per heavy atom. The number of hydrogen-bond acceptors (Lipinski definition) is 7. The summed E-state index contributed by atoms with van der Waals surface area (Å²) in [5.74, 6) is -0.171. The fourth-order valence-electron chi connectivity index (χ4n) is 4.88. The first-order valence-electron chi connectivity index (χ1n) is 11.7. The molecule has 2 amide bonds. The van der Waals surface area contributed by atoms with Gasteiger partial charge >= 0.3 is 0 Å². The number of benzene rings is 2. The summed E-state index contributed by atoms with van der Waals surface area (Å²) >= 11 is 0. The van der Waals surface area contributed by atoms with Gasteiger partial charge in [0, 0.05) is 37.5 Å². The van der Waals surface area contributed by atoms with E-state index in [9.17, 15) is 14.4 Å². The van der Waals surface area contributed by atoms with Crippen LogP contribution in [0.2, 0.25) is 0 Å². The average molecular weight is 490 g/mol. The number of ether oxygens (including phenoxy) is 1. The van der Waals surface area contributed by atoms with Crippen LogP contribution in [0.1, 0.15) is 40.6 Å². The van der Waals surface area contributed by atoms with Crippen molar-refractivity contribution < 1.29 is 18.7 Å². The monoisotopic (exact) mass is 489 g/mol. The molecule has 0 unspecified atom stereocenters. The number of carbonyl (C=O) groups excluding carboxylic acids is 2. The molecule has 2 aromatic carbocycles. The number of nitrogens with two attached hydrogens (primary N) is 2. The molecule has 10 heteroatoms. The zero-order valence-electron chi connectivity index (χ0n) is 20.1. The zero-order valence-corrected chi connectivity index (χ0v) is 20.1. The van der Waals surface area contributed by atoms with Crippen LogP contribution in [0.5, 0.6) is 5.75 Å². The predicted octanol–water partition coefficient (Wildman–Crippen LogP) is 2.34. The number of nitrogens with zero attached hydrogens (tertiary/aromatic N) is 3. The zero-order chi connectivity index (χ0) is 25.6. The second-order valence-electron chi connectivity index (χ2n) is 9.17. The van der Waals surface area contributed by atoms with Gasteiger partial charge < -0.3 is 30.1 Å². The number of aromatic nitrogens is 2. The maximum absolute atomic E-state index is 13.2. The Balaban J connectivity index is 1.49. The van der Waals surface area contributed by atoms with Crippen LogP contribution >= 0.6 is 0 Å².